The summed E-state index contributed by atoms with van der Waals surface area (Å²) in [5.74, 6) is 1.67. The molecule has 5 atom stereocenters. The summed E-state index contributed by atoms with van der Waals surface area (Å²) in [7, 11) is 0. The van der Waals surface area contributed by atoms with Gasteiger partial charge in [-0.3, -0.25) is 4.79 Å². The van der Waals surface area contributed by atoms with Gasteiger partial charge in [-0.25, -0.2) is 0 Å². The molecule has 1 N–H and O–H groups in total. The molecule has 21 heavy (non-hydrogen) atoms. The maximum atomic E-state index is 12.7. The minimum Gasteiger partial charge on any atom is -0.508 e. The van der Waals surface area contributed by atoms with Gasteiger partial charge in [-0.2, -0.15) is 0 Å². The second-order valence-electron chi connectivity index (χ2n) is 7.54. The fraction of sp³-hybridized carbons (Fsp3) is 0.611. The normalized spacial score (nSPS) is 41.9. The lowest BCUT2D eigenvalue weighted by molar-refractivity contribution is -0.207. The van der Waals surface area contributed by atoms with Crippen LogP contribution in [0.15, 0.2) is 6.07 Å². The summed E-state index contributed by atoms with van der Waals surface area (Å²) in [5, 5.41) is 10.2. The number of aryl methyl sites for hydroxylation is 1. The molecule has 5 aliphatic rings. The first-order chi connectivity index (χ1) is 10.0. The lowest BCUT2D eigenvalue weighted by atomic mass is 9.50. The van der Waals surface area contributed by atoms with Gasteiger partial charge < -0.3 is 9.84 Å². The van der Waals surface area contributed by atoms with E-state index in [1.807, 2.05) is 13.0 Å². The molecule has 2 saturated heterocycles. The molecule has 3 heteroatoms. The second kappa shape index (κ2) is 3.45. The number of aromatic hydroxyl groups is 1. The Labute approximate surface area is 124 Å². The van der Waals surface area contributed by atoms with Crippen molar-refractivity contribution in [2.75, 3.05) is 0 Å². The molecule has 1 aromatic carbocycles. The summed E-state index contributed by atoms with van der Waals surface area (Å²) in [6, 6.07) is 1.95. The van der Waals surface area contributed by atoms with Gasteiger partial charge in [0.2, 0.25) is 0 Å². The summed E-state index contributed by atoms with van der Waals surface area (Å²) in [6.45, 7) is 4.25. The molecule has 0 amide bonds. The molecule has 3 nitrogen and oxygen atoms in total. The van der Waals surface area contributed by atoms with E-state index in [0.717, 1.165) is 31.2 Å². The average molecular weight is 284 g/mol. The lowest BCUT2D eigenvalue weighted by Crippen LogP contribution is -2.60. The van der Waals surface area contributed by atoms with E-state index < -0.39 is 0 Å². The Bertz CT molecular complexity index is 692. The van der Waals surface area contributed by atoms with E-state index >= 15 is 0 Å². The van der Waals surface area contributed by atoms with Crippen molar-refractivity contribution in [1.29, 1.82) is 0 Å². The Balaban J connectivity index is 1.82. The Morgan fingerprint density at radius 3 is 3.00 bits per heavy atom. The fourth-order valence-corrected chi connectivity index (χ4v) is 5.91. The largest absolute Gasteiger partial charge is 0.508 e. The predicted molar refractivity (Wildman–Crippen MR) is 77.2 cm³/mol. The summed E-state index contributed by atoms with van der Waals surface area (Å²) in [5.41, 5.74) is 4.70. The number of hydrogen-bond acceptors (Lipinski definition) is 3. The molecule has 2 heterocycles. The highest BCUT2D eigenvalue weighted by Crippen LogP contribution is 2.67. The van der Waals surface area contributed by atoms with Crippen LogP contribution >= 0.6 is 0 Å². The van der Waals surface area contributed by atoms with Crippen LogP contribution in [0.2, 0.25) is 0 Å². The molecule has 1 spiro atoms. The van der Waals surface area contributed by atoms with E-state index in [-0.39, 0.29) is 17.5 Å². The topological polar surface area (TPSA) is 46.5 Å². The Morgan fingerprint density at radius 1 is 1.43 bits per heavy atom. The monoisotopic (exact) mass is 284 g/mol. The number of phenolic OH excluding ortho intramolecular Hbond substituents is 1. The quantitative estimate of drug-likeness (QED) is 0.745. The van der Waals surface area contributed by atoms with Gasteiger partial charge in [0.25, 0.3) is 0 Å². The Hall–Kier alpha value is -1.51. The molecule has 0 aromatic heterocycles. The van der Waals surface area contributed by atoms with Crippen LogP contribution in [0.4, 0.5) is 0 Å². The third-order valence-electron chi connectivity index (χ3n) is 6.94. The summed E-state index contributed by atoms with van der Waals surface area (Å²) in [4.78, 5) is 12.7. The minimum absolute atomic E-state index is 0.0525. The van der Waals surface area contributed by atoms with Crippen LogP contribution in [0, 0.1) is 24.2 Å². The van der Waals surface area contributed by atoms with Gasteiger partial charge >= 0.3 is 5.97 Å². The van der Waals surface area contributed by atoms with E-state index in [9.17, 15) is 9.90 Å². The van der Waals surface area contributed by atoms with Gasteiger partial charge in [0.1, 0.15) is 11.9 Å². The van der Waals surface area contributed by atoms with Crippen molar-refractivity contribution >= 4 is 5.97 Å². The first-order valence-electron chi connectivity index (χ1n) is 8.09. The van der Waals surface area contributed by atoms with Crippen molar-refractivity contribution in [1.82, 2.24) is 0 Å². The maximum Gasteiger partial charge on any atom is 0.313 e. The van der Waals surface area contributed by atoms with Gasteiger partial charge in [0.05, 0.1) is 5.41 Å². The zero-order valence-electron chi connectivity index (χ0n) is 12.5. The molecule has 0 radical (unpaired) electrons. The van der Waals surface area contributed by atoms with Gasteiger partial charge in [0.15, 0.2) is 0 Å². The third-order valence-corrected chi connectivity index (χ3v) is 6.94. The number of benzene rings is 1. The van der Waals surface area contributed by atoms with E-state index in [1.165, 1.54) is 16.7 Å². The van der Waals surface area contributed by atoms with Crippen molar-refractivity contribution in [2.45, 2.75) is 51.6 Å². The zero-order chi connectivity index (χ0) is 14.5. The van der Waals surface area contributed by atoms with Crippen molar-refractivity contribution < 1.29 is 14.6 Å². The van der Waals surface area contributed by atoms with E-state index in [2.05, 4.69) is 6.92 Å². The number of esters is 1. The van der Waals surface area contributed by atoms with Crippen molar-refractivity contribution in [3.05, 3.63) is 28.3 Å². The van der Waals surface area contributed by atoms with Crippen LogP contribution < -0.4 is 0 Å². The molecule has 1 aromatic rings. The van der Waals surface area contributed by atoms with Crippen molar-refractivity contribution in [3.8, 4) is 5.75 Å². The molecule has 3 fully saturated rings. The summed E-state index contributed by atoms with van der Waals surface area (Å²) < 4.78 is 5.79. The Kier molecular flexibility index (Phi) is 1.98. The van der Waals surface area contributed by atoms with E-state index in [1.54, 1.807) is 0 Å². The molecule has 6 rings (SSSR count). The summed E-state index contributed by atoms with van der Waals surface area (Å²) >= 11 is 0. The SMILES string of the molecule is Cc1c(O)cc2c3c1C[C@@H]1C4C[C@H](C)C(CC2)(C(=O)O4)[C@H]31. The van der Waals surface area contributed by atoms with Gasteiger partial charge in [-0.05, 0) is 66.8 Å². The van der Waals surface area contributed by atoms with Crippen LogP contribution in [0.1, 0.15) is 47.9 Å². The fourth-order valence-electron chi connectivity index (χ4n) is 5.91. The number of ether oxygens (including phenoxy) is 1. The van der Waals surface area contributed by atoms with Crippen LogP contribution in [0.3, 0.4) is 0 Å². The molecular formula is C18H20O3. The number of hydrogen-bond donors (Lipinski definition) is 1. The smallest absolute Gasteiger partial charge is 0.313 e. The van der Waals surface area contributed by atoms with Crippen molar-refractivity contribution in [2.24, 2.45) is 17.3 Å². The lowest BCUT2D eigenvalue weighted by Gasteiger charge is -2.57. The Morgan fingerprint density at radius 2 is 2.24 bits per heavy atom. The second-order valence-corrected chi connectivity index (χ2v) is 7.54. The maximum absolute atomic E-state index is 12.7. The average Bonchev–Trinajstić information content (AvgIpc) is 2.86. The molecule has 110 valence electrons. The molecule has 2 bridgehead atoms. The van der Waals surface area contributed by atoms with Crippen LogP contribution in [0.5, 0.6) is 5.75 Å². The number of carbonyl (C=O) groups excluding carboxylic acids is 1. The van der Waals surface area contributed by atoms with Crippen molar-refractivity contribution in [3.63, 3.8) is 0 Å². The molecule has 2 unspecified atom stereocenters. The highest BCUT2D eigenvalue weighted by Gasteiger charge is 2.67. The number of phenols is 1. The highest BCUT2D eigenvalue weighted by molar-refractivity contribution is 5.83. The number of carbonyl (C=O) groups is 1. The number of fused-ring (bicyclic) bond motifs is 2. The molecule has 2 aliphatic heterocycles. The van der Waals surface area contributed by atoms with Crippen LogP contribution in [0.25, 0.3) is 0 Å². The van der Waals surface area contributed by atoms with E-state index in [4.69, 9.17) is 4.74 Å². The first kappa shape index (κ1) is 12.1. The first-order valence-corrected chi connectivity index (χ1v) is 8.09. The van der Waals surface area contributed by atoms with Gasteiger partial charge in [0, 0.05) is 11.8 Å². The summed E-state index contributed by atoms with van der Waals surface area (Å²) in [6.07, 6.45) is 3.85. The van der Waals surface area contributed by atoms with E-state index in [0.29, 0.717) is 23.5 Å². The van der Waals surface area contributed by atoms with Gasteiger partial charge in [-0.15, -0.1) is 0 Å². The predicted octanol–water partition coefficient (Wildman–Crippen LogP) is 2.85. The third kappa shape index (κ3) is 1.14. The standard InChI is InChI=1S/C18H20O3/c1-8-5-14-12-7-11-9(2)13(19)6-10-3-4-18(8,17(20)21-14)16(12)15(10)11/h6,8,12,14,16,19H,3-5,7H2,1-2H3/t8-,12+,14?,16-,18?/m0/s1. The number of rotatable bonds is 0. The molecule has 1 saturated carbocycles. The van der Waals surface area contributed by atoms with Crippen LogP contribution in [-0.2, 0) is 22.4 Å². The van der Waals surface area contributed by atoms with Gasteiger partial charge in [-0.1, -0.05) is 6.92 Å². The molecule has 3 aliphatic carbocycles. The van der Waals surface area contributed by atoms with Crippen LogP contribution in [-0.4, -0.2) is 17.2 Å². The molecular weight excluding hydrogens is 264 g/mol. The highest BCUT2D eigenvalue weighted by atomic mass is 16.5. The zero-order valence-corrected chi connectivity index (χ0v) is 12.5. The minimum atomic E-state index is -0.291.